The van der Waals surface area contributed by atoms with Crippen LogP contribution in [-0.2, 0) is 15.0 Å². The second-order valence-corrected chi connectivity index (χ2v) is 13.1. The normalized spacial score (nSPS) is 17.1. The highest BCUT2D eigenvalue weighted by Crippen LogP contribution is 2.47. The summed E-state index contributed by atoms with van der Waals surface area (Å²) in [7, 11) is 1.65. The minimum Gasteiger partial charge on any atom is -0.508 e. The lowest BCUT2D eigenvalue weighted by atomic mass is 9.85. The molecule has 1 fully saturated rings. The first-order valence-electron chi connectivity index (χ1n) is 17.4. The van der Waals surface area contributed by atoms with Crippen LogP contribution >= 0.6 is 11.6 Å². The number of phenols is 1. The minimum atomic E-state index is -0.481. The molecule has 2 heterocycles. The lowest BCUT2D eigenvalue weighted by molar-refractivity contribution is -0.0987. The molecule has 2 amide bonds. The summed E-state index contributed by atoms with van der Waals surface area (Å²) in [4.78, 5) is 42.3. The van der Waals surface area contributed by atoms with Gasteiger partial charge in [-0.25, -0.2) is 4.79 Å². The van der Waals surface area contributed by atoms with Gasteiger partial charge in [0.05, 0.1) is 25.3 Å². The smallest absolute Gasteiger partial charge is 0.326 e. The molecule has 2 unspecified atom stereocenters. The number of urea groups is 1. The molecule has 2 aliphatic heterocycles. The molecule has 1 saturated heterocycles. The Hall–Kier alpha value is -4.41. The highest BCUT2D eigenvalue weighted by Gasteiger charge is 2.45. The van der Waals surface area contributed by atoms with Gasteiger partial charge < -0.3 is 29.1 Å². The number of nitrogens with zero attached hydrogens (tertiary/aromatic N) is 4. The molecule has 278 valence electrons. The molecule has 0 spiro atoms. The molecule has 11 heteroatoms. The molecule has 0 saturated carbocycles. The Balaban J connectivity index is 0.00000143. The van der Waals surface area contributed by atoms with Crippen molar-refractivity contribution in [3.05, 3.63) is 87.9 Å². The Morgan fingerprint density at radius 1 is 0.902 bits per heavy atom. The van der Waals surface area contributed by atoms with Gasteiger partial charge >= 0.3 is 6.03 Å². The first kappa shape index (κ1) is 42.8. The summed E-state index contributed by atoms with van der Waals surface area (Å²) in [5.41, 5.74) is 3.28. The number of aromatic hydroxyl groups is 1. The van der Waals surface area contributed by atoms with Gasteiger partial charge in [-0.1, -0.05) is 77.4 Å². The predicted molar refractivity (Wildman–Crippen MR) is 206 cm³/mol. The average molecular weight is 723 g/mol. The lowest BCUT2D eigenvalue weighted by Crippen LogP contribution is -2.54. The van der Waals surface area contributed by atoms with Gasteiger partial charge in [-0.2, -0.15) is 0 Å². The Morgan fingerprint density at radius 3 is 1.98 bits per heavy atom. The van der Waals surface area contributed by atoms with Crippen molar-refractivity contribution in [2.45, 2.75) is 72.4 Å². The van der Waals surface area contributed by atoms with E-state index in [4.69, 9.17) is 35.7 Å². The third-order valence-electron chi connectivity index (χ3n) is 8.55. The van der Waals surface area contributed by atoms with Gasteiger partial charge in [-0.3, -0.25) is 14.8 Å². The molecular weight excluding hydrogens is 668 g/mol. The number of halogens is 1. The number of amidine groups is 1. The number of benzene rings is 3. The summed E-state index contributed by atoms with van der Waals surface area (Å²) in [5.74, 6) is 2.04. The average Bonchev–Trinajstić information content (AvgIpc) is 3.55. The summed E-state index contributed by atoms with van der Waals surface area (Å²) in [6.45, 7) is 23.0. The fraction of sp³-hybridized carbons (Fsp3) is 0.450. The highest BCUT2D eigenvalue weighted by atomic mass is 35.5. The van der Waals surface area contributed by atoms with Gasteiger partial charge in [0.25, 0.3) is 0 Å². The number of hydrogen-bond acceptors (Lipinski definition) is 8. The van der Waals surface area contributed by atoms with E-state index in [0.29, 0.717) is 41.9 Å². The van der Waals surface area contributed by atoms with Crippen LogP contribution in [0, 0.1) is 0 Å². The fourth-order valence-electron chi connectivity index (χ4n) is 6.26. The van der Waals surface area contributed by atoms with E-state index in [0.717, 1.165) is 48.5 Å². The molecule has 0 aromatic heterocycles. The first-order chi connectivity index (χ1) is 24.5. The fourth-order valence-corrected chi connectivity index (χ4v) is 6.39. The summed E-state index contributed by atoms with van der Waals surface area (Å²) >= 11 is 6.30. The van der Waals surface area contributed by atoms with E-state index < -0.39 is 12.1 Å². The van der Waals surface area contributed by atoms with E-state index in [2.05, 4.69) is 32.6 Å². The van der Waals surface area contributed by atoms with E-state index in [1.54, 1.807) is 19.2 Å². The zero-order chi connectivity index (χ0) is 38.3. The quantitative estimate of drug-likeness (QED) is 0.250. The van der Waals surface area contributed by atoms with E-state index in [1.807, 2.05) is 92.7 Å². The lowest BCUT2D eigenvalue weighted by Gasteiger charge is -2.39. The van der Waals surface area contributed by atoms with Crippen LogP contribution in [-0.4, -0.2) is 91.7 Å². The third-order valence-corrected chi connectivity index (χ3v) is 8.80. The van der Waals surface area contributed by atoms with Crippen LogP contribution < -0.4 is 9.47 Å². The predicted octanol–water partition coefficient (Wildman–Crippen LogP) is 8.10. The molecule has 0 radical (unpaired) electrons. The number of rotatable bonds is 8. The maximum atomic E-state index is 14.8. The minimum absolute atomic E-state index is 0.112. The summed E-state index contributed by atoms with van der Waals surface area (Å²) in [6.07, 6.45) is 1.08. The van der Waals surface area contributed by atoms with Crippen molar-refractivity contribution in [1.82, 2.24) is 14.7 Å². The number of aliphatic imine (C=N–C) groups is 1. The van der Waals surface area contributed by atoms with Crippen molar-refractivity contribution < 1.29 is 29.0 Å². The van der Waals surface area contributed by atoms with E-state index in [-0.39, 0.29) is 17.2 Å². The topological polar surface area (TPSA) is 112 Å². The molecule has 1 N–H and O–H groups in total. The number of carbonyl (C=O) groups is 3. The van der Waals surface area contributed by atoms with Crippen molar-refractivity contribution >= 4 is 37.0 Å². The van der Waals surface area contributed by atoms with Crippen molar-refractivity contribution in [2.75, 3.05) is 46.4 Å². The molecule has 0 bridgehead atoms. The molecule has 10 nitrogen and oxygen atoms in total. The Bertz CT molecular complexity index is 1550. The molecule has 2 atom stereocenters. The van der Waals surface area contributed by atoms with Crippen LogP contribution in [0.1, 0.15) is 89.2 Å². The van der Waals surface area contributed by atoms with Crippen LogP contribution in [0.2, 0.25) is 5.02 Å². The number of amides is 2. The molecule has 3 aromatic carbocycles. The molecule has 5 rings (SSSR count). The third kappa shape index (κ3) is 10.3. The van der Waals surface area contributed by atoms with Crippen molar-refractivity contribution in [3.8, 4) is 17.2 Å². The van der Waals surface area contributed by atoms with Crippen LogP contribution in [0.5, 0.6) is 17.2 Å². The molecule has 3 aromatic rings. The van der Waals surface area contributed by atoms with Crippen molar-refractivity contribution in [3.63, 3.8) is 0 Å². The molecule has 0 aliphatic carbocycles. The zero-order valence-electron chi connectivity index (χ0n) is 31.4. The van der Waals surface area contributed by atoms with Gasteiger partial charge in [-0.05, 0) is 72.8 Å². The maximum absolute atomic E-state index is 14.8. The number of methoxy groups -OCH3 is 1. The van der Waals surface area contributed by atoms with Crippen molar-refractivity contribution in [2.24, 2.45) is 4.99 Å². The first-order valence-corrected chi connectivity index (χ1v) is 17.8. The summed E-state index contributed by atoms with van der Waals surface area (Å²) in [6, 6.07) is 17.6. The Labute approximate surface area is 309 Å². The molecular formula is C40H55ClN4O6. The summed E-state index contributed by atoms with van der Waals surface area (Å²) in [5, 5.41) is 10.8. The van der Waals surface area contributed by atoms with E-state index in [9.17, 15) is 9.90 Å². The van der Waals surface area contributed by atoms with E-state index in [1.165, 1.54) is 0 Å². The Kier molecular flexibility index (Phi) is 17.1. The van der Waals surface area contributed by atoms with Crippen LogP contribution in [0.25, 0.3) is 0 Å². The maximum Gasteiger partial charge on any atom is 0.326 e. The van der Waals surface area contributed by atoms with Crippen LogP contribution in [0.3, 0.4) is 0 Å². The standard InChI is InChI=1S/C36H45ClN4O4.C2H6.2CH2O/c1-7-17-39-18-20-40(21-19-39)35(43)41-33(25-11-15-27(42)16-12-25)32(24-9-13-26(37)14-10-24)38-34(41)28-22-31(45-8-2)29(36(3,4)5)23-30(28)44-6;3*1-2/h9-16,22-23,32-33,42H,7-8,17-21H2,1-6H3;1-2H3;2*1H2. The number of ether oxygens (including phenoxy) is 2. The number of hydrogen-bond donors (Lipinski definition) is 1. The number of phenolic OH excluding ortho intramolecular Hbond substituents is 1. The van der Waals surface area contributed by atoms with Gasteiger partial charge in [0.2, 0.25) is 0 Å². The molecule has 2 aliphatic rings. The largest absolute Gasteiger partial charge is 0.508 e. The molecule has 51 heavy (non-hydrogen) atoms. The zero-order valence-corrected chi connectivity index (χ0v) is 32.2. The number of carbonyl (C=O) groups excluding carboxylic acids is 3. The number of piperazine rings is 1. The summed E-state index contributed by atoms with van der Waals surface area (Å²) < 4.78 is 12.2. The van der Waals surface area contributed by atoms with Gasteiger partial charge in [0.1, 0.15) is 42.7 Å². The SMILES string of the molecule is C=O.C=O.CC.CCCN1CCN(C(=O)N2C(c3cc(OCC)c(C(C)(C)C)cc3OC)=NC(c3ccc(Cl)cc3)C2c2ccc(O)cc2)CC1. The van der Waals surface area contributed by atoms with Gasteiger partial charge in [-0.15, -0.1) is 0 Å². The van der Waals surface area contributed by atoms with E-state index >= 15 is 0 Å². The second kappa shape index (κ2) is 20.4. The monoisotopic (exact) mass is 722 g/mol. The highest BCUT2D eigenvalue weighted by molar-refractivity contribution is 6.30. The van der Waals surface area contributed by atoms with Gasteiger partial charge in [0.15, 0.2) is 0 Å². The Morgan fingerprint density at radius 2 is 1.47 bits per heavy atom. The van der Waals surface area contributed by atoms with Crippen molar-refractivity contribution in [1.29, 1.82) is 0 Å². The van der Waals surface area contributed by atoms with Crippen LogP contribution in [0.15, 0.2) is 65.7 Å². The van der Waals surface area contributed by atoms with Crippen LogP contribution in [0.4, 0.5) is 4.79 Å². The van der Waals surface area contributed by atoms with Gasteiger partial charge in [0, 0.05) is 36.8 Å². The second-order valence-electron chi connectivity index (χ2n) is 12.7.